The van der Waals surface area contributed by atoms with Gasteiger partial charge in [-0.05, 0) is 91.7 Å². The molecule has 1 N–H and O–H groups in total. The Morgan fingerprint density at radius 2 is 1.55 bits per heavy atom. The molecule has 3 saturated heterocycles. The van der Waals surface area contributed by atoms with E-state index < -0.39 is 29.3 Å². The van der Waals surface area contributed by atoms with Crippen LogP contribution in [0.3, 0.4) is 0 Å². The summed E-state index contributed by atoms with van der Waals surface area (Å²) >= 11 is 0. The van der Waals surface area contributed by atoms with Gasteiger partial charge < -0.3 is 20.0 Å². The van der Waals surface area contributed by atoms with E-state index in [-0.39, 0.29) is 11.1 Å². The van der Waals surface area contributed by atoms with E-state index >= 15 is 13.2 Å². The highest BCUT2D eigenvalue weighted by atomic mass is 19.3. The van der Waals surface area contributed by atoms with E-state index in [1.165, 1.54) is 31.3 Å². The summed E-state index contributed by atoms with van der Waals surface area (Å²) in [5.41, 5.74) is 0.733. The largest absolute Gasteiger partial charge is 0.364 e. The molecule has 5 aliphatic rings. The van der Waals surface area contributed by atoms with Gasteiger partial charge in [-0.15, -0.1) is 0 Å². The lowest BCUT2D eigenvalue weighted by Crippen LogP contribution is -2.53. The molecule has 3 fully saturated rings. The molecule has 8 bridgehead atoms. The van der Waals surface area contributed by atoms with Gasteiger partial charge in [-0.25, -0.2) is 23.1 Å². The Labute approximate surface area is 300 Å². The number of pyridine rings is 1. The Kier molecular flexibility index (Phi) is 10.9. The number of anilines is 2. The molecular weight excluding hydrogens is 653 g/mol. The van der Waals surface area contributed by atoms with Gasteiger partial charge in [0.1, 0.15) is 29.3 Å². The van der Waals surface area contributed by atoms with Crippen LogP contribution < -0.4 is 15.8 Å². The highest BCUT2D eigenvalue weighted by Gasteiger charge is 2.45. The lowest BCUT2D eigenvalue weighted by molar-refractivity contribution is -0.0907. The van der Waals surface area contributed by atoms with Gasteiger partial charge >= 0.3 is 0 Å². The molecule has 8 rings (SSSR count). The summed E-state index contributed by atoms with van der Waals surface area (Å²) in [6, 6.07) is 6.45. The van der Waals surface area contributed by atoms with E-state index in [1.54, 1.807) is 17.6 Å². The fourth-order valence-corrected chi connectivity index (χ4v) is 9.00. The van der Waals surface area contributed by atoms with Crippen molar-refractivity contribution in [2.24, 2.45) is 5.92 Å². The number of benzene rings is 1. The number of rotatable bonds is 2. The van der Waals surface area contributed by atoms with Crippen LogP contribution in [0.15, 0.2) is 35.4 Å². The van der Waals surface area contributed by atoms with E-state index in [0.29, 0.717) is 67.1 Å². The fraction of sp³-hybridized carbons (Fsp3) is 0.667. The summed E-state index contributed by atoms with van der Waals surface area (Å²) in [5, 5.41) is 4.01. The monoisotopic (exact) mass is 708 g/mol. The number of halogens is 3. The first kappa shape index (κ1) is 36.2. The molecule has 7 heterocycles. The van der Waals surface area contributed by atoms with Crippen molar-refractivity contribution in [1.29, 1.82) is 0 Å². The third-order valence-corrected chi connectivity index (χ3v) is 12.3. The van der Waals surface area contributed by atoms with Crippen LogP contribution in [0.25, 0.3) is 11.0 Å². The Balaban J connectivity index is 1.22. The van der Waals surface area contributed by atoms with Crippen molar-refractivity contribution >= 4 is 22.5 Å². The summed E-state index contributed by atoms with van der Waals surface area (Å²) in [6.45, 7) is 11.2. The Morgan fingerprint density at radius 1 is 0.824 bits per heavy atom. The molecule has 3 aromatic rings. The summed E-state index contributed by atoms with van der Waals surface area (Å²) < 4.78 is 50.1. The van der Waals surface area contributed by atoms with Crippen LogP contribution in [-0.2, 0) is 12.5 Å². The SMILES string of the molecule is CC1CCCCCCn2c(=O)c(N3CCN(C4CCN(C)CC4)CC3)cc3c(ncnc32)N[C@H](C)c2cccc(c2F)C(F)(F)C2CCN1CC2. The molecule has 278 valence electrons. The predicted molar refractivity (Wildman–Crippen MR) is 197 cm³/mol. The smallest absolute Gasteiger partial charge is 0.278 e. The predicted octanol–water partition coefficient (Wildman–Crippen LogP) is 6.48. The Morgan fingerprint density at radius 3 is 2.29 bits per heavy atom. The molecule has 0 radical (unpaired) electrons. The van der Waals surface area contributed by atoms with Gasteiger partial charge in [0.2, 0.25) is 0 Å². The number of likely N-dealkylation sites (tertiary alicyclic amines) is 1. The van der Waals surface area contributed by atoms with Gasteiger partial charge in [0.25, 0.3) is 11.5 Å². The first-order valence-electron chi connectivity index (χ1n) is 19.3. The van der Waals surface area contributed by atoms with Crippen LogP contribution in [0.5, 0.6) is 0 Å². The molecule has 51 heavy (non-hydrogen) atoms. The number of alkyl halides is 2. The van der Waals surface area contributed by atoms with Crippen molar-refractivity contribution in [1.82, 2.24) is 29.2 Å². The van der Waals surface area contributed by atoms with Crippen molar-refractivity contribution < 1.29 is 13.2 Å². The average Bonchev–Trinajstić information content (AvgIpc) is 3.13. The summed E-state index contributed by atoms with van der Waals surface area (Å²) in [4.78, 5) is 32.9. The molecule has 1 unspecified atom stereocenters. The van der Waals surface area contributed by atoms with E-state index in [2.05, 4.69) is 48.9 Å². The Hall–Kier alpha value is -3.22. The van der Waals surface area contributed by atoms with Crippen molar-refractivity contribution in [2.45, 2.75) is 102 Å². The normalized spacial score (nSPS) is 27.7. The first-order valence-corrected chi connectivity index (χ1v) is 19.3. The maximum Gasteiger partial charge on any atom is 0.278 e. The van der Waals surface area contributed by atoms with E-state index in [4.69, 9.17) is 0 Å². The number of nitrogens with one attached hydrogen (secondary N) is 1. The number of piperidine rings is 2. The first-order chi connectivity index (χ1) is 24.6. The molecule has 0 aliphatic carbocycles. The molecule has 0 spiro atoms. The molecule has 0 amide bonds. The minimum atomic E-state index is -3.28. The summed E-state index contributed by atoms with van der Waals surface area (Å²) in [6.07, 6.45) is 9.36. The topological polar surface area (TPSA) is 72.8 Å². The third-order valence-electron chi connectivity index (χ3n) is 12.3. The van der Waals surface area contributed by atoms with Crippen LogP contribution in [0.2, 0.25) is 0 Å². The lowest BCUT2D eigenvalue weighted by atomic mass is 9.84. The average molecular weight is 709 g/mol. The number of aryl methyl sites for hydroxylation is 1. The molecule has 5 aliphatic heterocycles. The zero-order chi connectivity index (χ0) is 35.7. The summed E-state index contributed by atoms with van der Waals surface area (Å²) in [7, 11) is 2.18. The van der Waals surface area contributed by atoms with E-state index in [9.17, 15) is 4.79 Å². The van der Waals surface area contributed by atoms with Gasteiger partial charge in [-0.2, -0.15) is 0 Å². The van der Waals surface area contributed by atoms with Gasteiger partial charge in [0, 0.05) is 56.3 Å². The zero-order valence-corrected chi connectivity index (χ0v) is 30.6. The molecule has 0 saturated carbocycles. The fourth-order valence-electron chi connectivity index (χ4n) is 9.00. The van der Waals surface area contributed by atoms with Crippen LogP contribution in [-0.4, -0.2) is 101 Å². The zero-order valence-electron chi connectivity index (χ0n) is 30.6. The molecule has 2 aromatic heterocycles. The van der Waals surface area contributed by atoms with Crippen molar-refractivity contribution in [3.05, 3.63) is 57.9 Å². The standard InChI is InChI=1S/C39H55F3N8O/c1-27-9-6-4-5-7-16-50-37-32(25-34(38(50)51)49-23-21-48(22-24-49)30-14-17-46(3)18-15-30)36(43-26-44-37)45-28(2)31-10-8-11-33(35(31)40)39(41,42)29-12-19-47(27)20-13-29/h8,10-11,25-30H,4-7,9,12-24H2,1-3H3,(H,43,44,45)/t27?,28-/m1/s1. The van der Waals surface area contributed by atoms with E-state index in [0.717, 1.165) is 71.4 Å². The maximum atomic E-state index is 16.2. The van der Waals surface area contributed by atoms with Crippen molar-refractivity contribution in [3.8, 4) is 0 Å². The highest BCUT2D eigenvalue weighted by molar-refractivity contribution is 5.89. The second-order valence-corrected chi connectivity index (χ2v) is 15.6. The second-order valence-electron chi connectivity index (χ2n) is 15.6. The molecule has 1 aromatic carbocycles. The highest BCUT2D eigenvalue weighted by Crippen LogP contribution is 2.44. The maximum absolute atomic E-state index is 16.2. The quantitative estimate of drug-likeness (QED) is 0.325. The molecule has 9 nitrogen and oxygen atoms in total. The lowest BCUT2D eigenvalue weighted by Gasteiger charge is -2.42. The van der Waals surface area contributed by atoms with Crippen molar-refractivity contribution in [3.63, 3.8) is 0 Å². The third kappa shape index (κ3) is 7.51. The van der Waals surface area contributed by atoms with E-state index in [1.807, 2.05) is 6.07 Å². The van der Waals surface area contributed by atoms with Crippen molar-refractivity contribution in [2.75, 3.05) is 69.6 Å². The van der Waals surface area contributed by atoms with Crippen LogP contribution in [0, 0.1) is 11.7 Å². The molecule has 12 heteroatoms. The second kappa shape index (κ2) is 15.4. The minimum absolute atomic E-state index is 0.0514. The van der Waals surface area contributed by atoms with Crippen LogP contribution >= 0.6 is 0 Å². The van der Waals surface area contributed by atoms with Crippen LogP contribution in [0.1, 0.15) is 88.8 Å². The molecule has 2 atom stereocenters. The Bertz CT molecular complexity index is 1710. The van der Waals surface area contributed by atoms with Gasteiger partial charge in [-0.3, -0.25) is 14.3 Å². The summed E-state index contributed by atoms with van der Waals surface area (Å²) in [5.74, 6) is -4.60. The van der Waals surface area contributed by atoms with Gasteiger partial charge in [0.05, 0.1) is 17.0 Å². The van der Waals surface area contributed by atoms with Crippen LogP contribution in [0.4, 0.5) is 24.7 Å². The minimum Gasteiger partial charge on any atom is -0.364 e. The number of aromatic nitrogens is 3. The number of hydrogen-bond acceptors (Lipinski definition) is 8. The number of nitrogens with zero attached hydrogens (tertiary/aromatic N) is 7. The van der Waals surface area contributed by atoms with Gasteiger partial charge in [-0.1, -0.05) is 37.5 Å². The molecular formula is C39H55F3N8O. The number of hydrogen-bond donors (Lipinski definition) is 1. The number of fused-ring (bicyclic) bond motifs is 9. The number of piperazine rings is 1. The van der Waals surface area contributed by atoms with Gasteiger partial charge in [0.15, 0.2) is 0 Å².